The summed E-state index contributed by atoms with van der Waals surface area (Å²) in [6.07, 6.45) is 1.25. The molecule has 0 aliphatic rings. The molecule has 0 fully saturated rings. The predicted molar refractivity (Wildman–Crippen MR) is 93.4 cm³/mol. The van der Waals surface area contributed by atoms with Crippen molar-refractivity contribution in [3.05, 3.63) is 53.3 Å². The maximum absolute atomic E-state index is 12.4. The predicted octanol–water partition coefficient (Wildman–Crippen LogP) is 3.09. The molecule has 0 amide bonds. The van der Waals surface area contributed by atoms with Gasteiger partial charge in [0.2, 0.25) is 0 Å². The number of hydrogen-bond acceptors (Lipinski definition) is 6. The smallest absolute Gasteiger partial charge is 0.387 e. The Hall–Kier alpha value is -2.87. The molecule has 6 nitrogen and oxygen atoms in total. The Morgan fingerprint density at radius 2 is 2.08 bits per heavy atom. The van der Waals surface area contributed by atoms with Crippen molar-refractivity contribution < 1.29 is 23.4 Å². The average Bonchev–Trinajstić information content (AvgIpc) is 2.60. The quantitative estimate of drug-likeness (QED) is 0.495. The van der Waals surface area contributed by atoms with Crippen LogP contribution in [-0.2, 0) is 0 Å². The maximum atomic E-state index is 12.4. The molecule has 0 spiro atoms. The molecule has 3 N–H and O–H groups in total. The molecule has 1 aromatic heterocycles. The number of pyridine rings is 1. The molecular weight excluding hydrogens is 344 g/mol. The topological polar surface area (TPSA) is 95.3 Å². The Morgan fingerprint density at radius 3 is 2.69 bits per heavy atom. The van der Waals surface area contributed by atoms with Crippen LogP contribution in [0.15, 0.2) is 36.5 Å². The van der Waals surface area contributed by atoms with Crippen molar-refractivity contribution in [3.8, 4) is 5.75 Å². The van der Waals surface area contributed by atoms with Gasteiger partial charge in [-0.2, -0.15) is 8.78 Å². The lowest BCUT2D eigenvalue weighted by Crippen LogP contribution is -2.29. The third kappa shape index (κ3) is 4.82. The van der Waals surface area contributed by atoms with Crippen LogP contribution in [-0.4, -0.2) is 40.8 Å². The number of carbonyl (C=O) groups is 1. The Labute approximate surface area is 149 Å². The van der Waals surface area contributed by atoms with Crippen molar-refractivity contribution in [3.63, 3.8) is 0 Å². The number of benzene rings is 1. The molecule has 0 bridgehead atoms. The third-order valence-corrected chi connectivity index (χ3v) is 3.74. The summed E-state index contributed by atoms with van der Waals surface area (Å²) in [5, 5.41) is 21.1. The molecule has 0 aliphatic heterocycles. The van der Waals surface area contributed by atoms with Crippen LogP contribution in [0.3, 0.4) is 0 Å². The largest absolute Gasteiger partial charge is 0.435 e. The third-order valence-electron chi connectivity index (χ3n) is 3.74. The fraction of sp³-hybridized carbons (Fsp3) is 0.278. The second kappa shape index (κ2) is 8.48. The minimum Gasteiger partial charge on any atom is -0.435 e. The second-order valence-electron chi connectivity index (χ2n) is 5.74. The van der Waals surface area contributed by atoms with Crippen LogP contribution in [0.4, 0.5) is 14.5 Å². The Kier molecular flexibility index (Phi) is 6.35. The zero-order chi connectivity index (χ0) is 19.3. The van der Waals surface area contributed by atoms with E-state index in [0.717, 1.165) is 0 Å². The van der Waals surface area contributed by atoms with E-state index in [1.807, 2.05) is 0 Å². The molecule has 2 rings (SSSR count). The lowest BCUT2D eigenvalue weighted by atomic mass is 10.0. The first-order valence-electron chi connectivity index (χ1n) is 7.85. The van der Waals surface area contributed by atoms with E-state index in [9.17, 15) is 18.7 Å². The van der Waals surface area contributed by atoms with Crippen molar-refractivity contribution in [2.75, 3.05) is 5.32 Å². The van der Waals surface area contributed by atoms with Crippen molar-refractivity contribution in [1.29, 1.82) is 5.41 Å². The summed E-state index contributed by atoms with van der Waals surface area (Å²) in [6, 6.07) is 6.89. The van der Waals surface area contributed by atoms with Crippen molar-refractivity contribution in [1.82, 2.24) is 4.98 Å². The highest BCUT2D eigenvalue weighted by atomic mass is 19.3. The standard InChI is InChI=1S/C18H19F2N3O3/c1-10(11(2)25)23-15-6-12(9-24)8-22-17(15)16(21)13-4-3-5-14(7-13)26-18(19)20/h3-11,18,21,23,25H,1-2H3/t10-,11-/m0/s1. The zero-order valence-corrected chi connectivity index (χ0v) is 14.2. The lowest BCUT2D eigenvalue weighted by molar-refractivity contribution is -0.0498. The Bertz CT molecular complexity index is 797. The van der Waals surface area contributed by atoms with Crippen molar-refractivity contribution in [2.45, 2.75) is 32.6 Å². The molecule has 1 aromatic carbocycles. The van der Waals surface area contributed by atoms with E-state index in [1.165, 1.54) is 30.5 Å². The van der Waals surface area contributed by atoms with E-state index in [-0.39, 0.29) is 23.2 Å². The second-order valence-corrected chi connectivity index (χ2v) is 5.74. The van der Waals surface area contributed by atoms with E-state index in [2.05, 4.69) is 15.0 Å². The summed E-state index contributed by atoms with van der Waals surface area (Å²) in [4.78, 5) is 15.2. The zero-order valence-electron chi connectivity index (χ0n) is 14.2. The van der Waals surface area contributed by atoms with Gasteiger partial charge in [0.05, 0.1) is 17.5 Å². The van der Waals surface area contributed by atoms with Crippen LogP contribution < -0.4 is 10.1 Å². The van der Waals surface area contributed by atoms with E-state index in [0.29, 0.717) is 23.1 Å². The SMILES string of the molecule is C[C@H](O)[C@H](C)Nc1cc(C=O)cnc1C(=N)c1cccc(OC(F)F)c1. The van der Waals surface area contributed by atoms with Gasteiger partial charge in [0, 0.05) is 23.4 Å². The van der Waals surface area contributed by atoms with Gasteiger partial charge >= 0.3 is 6.61 Å². The maximum Gasteiger partial charge on any atom is 0.387 e. The number of aromatic nitrogens is 1. The van der Waals surface area contributed by atoms with Gasteiger partial charge in [-0.3, -0.25) is 15.2 Å². The fourth-order valence-corrected chi connectivity index (χ4v) is 2.18. The summed E-state index contributed by atoms with van der Waals surface area (Å²) in [7, 11) is 0. The molecule has 0 aliphatic carbocycles. The van der Waals surface area contributed by atoms with Crippen LogP contribution in [0, 0.1) is 5.41 Å². The summed E-state index contributed by atoms with van der Waals surface area (Å²) >= 11 is 0. The normalized spacial score (nSPS) is 13.2. The summed E-state index contributed by atoms with van der Waals surface area (Å²) < 4.78 is 29.1. The molecule has 0 saturated heterocycles. The number of aliphatic hydroxyl groups is 1. The number of hydrogen-bond donors (Lipinski definition) is 3. The van der Waals surface area contributed by atoms with Crippen molar-refractivity contribution >= 4 is 17.7 Å². The first kappa shape index (κ1) is 19.5. The number of carbonyl (C=O) groups excluding carboxylic acids is 1. The summed E-state index contributed by atoms with van der Waals surface area (Å²) in [6.45, 7) is 0.377. The minimum atomic E-state index is -2.96. The van der Waals surface area contributed by atoms with Crippen LogP contribution in [0.1, 0.15) is 35.5 Å². The number of aldehydes is 1. The molecule has 0 radical (unpaired) electrons. The molecule has 2 aromatic rings. The van der Waals surface area contributed by atoms with Crippen molar-refractivity contribution in [2.24, 2.45) is 0 Å². The average molecular weight is 363 g/mol. The summed E-state index contributed by atoms with van der Waals surface area (Å²) in [5.74, 6) is -0.0707. The van der Waals surface area contributed by atoms with Gasteiger partial charge in [-0.05, 0) is 32.0 Å². The van der Waals surface area contributed by atoms with Crippen LogP contribution >= 0.6 is 0 Å². The molecular formula is C18H19F2N3O3. The highest BCUT2D eigenvalue weighted by Gasteiger charge is 2.17. The highest BCUT2D eigenvalue weighted by molar-refractivity contribution is 6.13. The Balaban J connectivity index is 2.40. The minimum absolute atomic E-state index is 0.0394. The summed E-state index contributed by atoms with van der Waals surface area (Å²) in [5.41, 5.74) is 1.19. The lowest BCUT2D eigenvalue weighted by Gasteiger charge is -2.20. The number of aliphatic hydroxyl groups excluding tert-OH is 1. The number of nitrogens with one attached hydrogen (secondary N) is 2. The first-order chi connectivity index (χ1) is 12.3. The molecule has 138 valence electrons. The van der Waals surface area contributed by atoms with Gasteiger partial charge in [-0.25, -0.2) is 0 Å². The number of ether oxygens (including phenoxy) is 1. The first-order valence-corrected chi connectivity index (χ1v) is 7.85. The number of halogens is 2. The van der Waals surface area contributed by atoms with E-state index in [1.54, 1.807) is 19.9 Å². The van der Waals surface area contributed by atoms with Crippen LogP contribution in [0.5, 0.6) is 5.75 Å². The molecule has 1 heterocycles. The molecule has 8 heteroatoms. The molecule has 0 saturated carbocycles. The van der Waals surface area contributed by atoms with Gasteiger partial charge in [0.15, 0.2) is 6.29 Å². The van der Waals surface area contributed by atoms with Gasteiger partial charge in [-0.15, -0.1) is 0 Å². The fourth-order valence-electron chi connectivity index (χ4n) is 2.18. The monoisotopic (exact) mass is 363 g/mol. The van der Waals surface area contributed by atoms with Gasteiger partial charge < -0.3 is 15.2 Å². The van der Waals surface area contributed by atoms with Crippen LogP contribution in [0.2, 0.25) is 0 Å². The van der Waals surface area contributed by atoms with Gasteiger partial charge in [0.25, 0.3) is 0 Å². The van der Waals surface area contributed by atoms with E-state index >= 15 is 0 Å². The van der Waals surface area contributed by atoms with Gasteiger partial charge in [-0.1, -0.05) is 12.1 Å². The number of nitrogens with zero attached hydrogens (tertiary/aromatic N) is 1. The van der Waals surface area contributed by atoms with Gasteiger partial charge in [0.1, 0.15) is 11.4 Å². The van der Waals surface area contributed by atoms with Crippen LogP contribution in [0.25, 0.3) is 0 Å². The van der Waals surface area contributed by atoms with E-state index < -0.39 is 12.7 Å². The molecule has 0 unspecified atom stereocenters. The number of rotatable bonds is 8. The molecule has 26 heavy (non-hydrogen) atoms. The Morgan fingerprint density at radius 1 is 1.35 bits per heavy atom. The van der Waals surface area contributed by atoms with E-state index in [4.69, 9.17) is 5.41 Å². The molecule has 2 atom stereocenters. The number of alkyl halides is 2. The highest BCUT2D eigenvalue weighted by Crippen LogP contribution is 2.23. The number of anilines is 1.